The lowest BCUT2D eigenvalue weighted by Crippen LogP contribution is -2.33. The van der Waals surface area contributed by atoms with Crippen molar-refractivity contribution < 1.29 is 23.7 Å². The van der Waals surface area contributed by atoms with Crippen molar-refractivity contribution in [3.8, 4) is 5.75 Å². The second-order valence-corrected chi connectivity index (χ2v) is 5.19. The summed E-state index contributed by atoms with van der Waals surface area (Å²) in [4.78, 5) is 11.3. The van der Waals surface area contributed by atoms with Gasteiger partial charge in [0.1, 0.15) is 11.8 Å². The molecule has 0 spiro atoms. The zero-order chi connectivity index (χ0) is 15.8. The molecule has 1 aliphatic heterocycles. The summed E-state index contributed by atoms with van der Waals surface area (Å²) in [6, 6.07) is 6.91. The number of benzene rings is 1. The molecule has 6 heteroatoms. The highest BCUT2D eigenvalue weighted by Gasteiger charge is 2.15. The summed E-state index contributed by atoms with van der Waals surface area (Å²) in [5.74, 6) is 0.340. The Bertz CT molecular complexity index is 473. The molecular formula is C16H23NO5. The largest absolute Gasteiger partial charge is 0.493 e. The fraction of sp³-hybridized carbons (Fsp3) is 0.562. The summed E-state index contributed by atoms with van der Waals surface area (Å²) < 4.78 is 21.3. The van der Waals surface area contributed by atoms with Gasteiger partial charge in [0.25, 0.3) is 0 Å². The van der Waals surface area contributed by atoms with Crippen molar-refractivity contribution in [3.05, 3.63) is 29.8 Å². The number of ether oxygens (including phenoxy) is 4. The van der Waals surface area contributed by atoms with Crippen molar-refractivity contribution in [3.63, 3.8) is 0 Å². The third kappa shape index (κ3) is 5.29. The maximum absolute atomic E-state index is 11.3. The number of hydrogen-bond donors (Lipinski definition) is 1. The van der Waals surface area contributed by atoms with Gasteiger partial charge in [-0.25, -0.2) is 0 Å². The lowest BCUT2D eigenvalue weighted by molar-refractivity contribution is -0.142. The molecule has 1 aromatic rings. The summed E-state index contributed by atoms with van der Waals surface area (Å²) in [5, 5.41) is 0. The summed E-state index contributed by atoms with van der Waals surface area (Å²) in [6.07, 6.45) is 1.31. The molecule has 0 aromatic heterocycles. The first-order valence-corrected chi connectivity index (χ1v) is 7.43. The van der Waals surface area contributed by atoms with Gasteiger partial charge in [-0.2, -0.15) is 0 Å². The Balaban J connectivity index is 1.79. The van der Waals surface area contributed by atoms with Crippen molar-refractivity contribution in [1.82, 2.24) is 0 Å². The molecule has 22 heavy (non-hydrogen) atoms. The molecule has 1 fully saturated rings. The van der Waals surface area contributed by atoms with E-state index in [9.17, 15) is 4.79 Å². The zero-order valence-electron chi connectivity index (χ0n) is 12.8. The molecular weight excluding hydrogens is 286 g/mol. The summed E-state index contributed by atoms with van der Waals surface area (Å²) >= 11 is 0. The van der Waals surface area contributed by atoms with Gasteiger partial charge in [0.05, 0.1) is 39.6 Å². The minimum absolute atomic E-state index is 0.102. The molecule has 0 amide bonds. The Labute approximate surface area is 130 Å². The van der Waals surface area contributed by atoms with Crippen LogP contribution in [0.5, 0.6) is 5.75 Å². The van der Waals surface area contributed by atoms with Crippen molar-refractivity contribution in [2.24, 2.45) is 5.73 Å². The number of carbonyl (C=O) groups excluding carboxylic acids is 1. The molecule has 0 aliphatic carbocycles. The normalized spacial score (nSPS) is 19.5. The monoisotopic (exact) mass is 309 g/mol. The Morgan fingerprint density at radius 3 is 3.05 bits per heavy atom. The number of methoxy groups -OCH3 is 1. The third-order valence-electron chi connectivity index (χ3n) is 3.45. The molecule has 1 heterocycles. The highest BCUT2D eigenvalue weighted by Crippen LogP contribution is 2.16. The van der Waals surface area contributed by atoms with Crippen molar-refractivity contribution in [1.29, 1.82) is 0 Å². The second-order valence-electron chi connectivity index (χ2n) is 5.19. The van der Waals surface area contributed by atoms with Crippen LogP contribution in [-0.4, -0.2) is 51.7 Å². The number of nitrogens with two attached hydrogens (primary N) is 1. The lowest BCUT2D eigenvalue weighted by Gasteiger charge is -2.22. The van der Waals surface area contributed by atoms with Crippen LogP contribution in [-0.2, 0) is 25.4 Å². The van der Waals surface area contributed by atoms with Gasteiger partial charge in [0.2, 0.25) is 0 Å². The highest BCUT2D eigenvalue weighted by molar-refractivity contribution is 5.75. The van der Waals surface area contributed by atoms with E-state index in [1.54, 1.807) is 0 Å². The standard InChI is InChI=1S/C16H23NO5/c1-19-16(18)15(17)10-12-3-2-4-13(9-12)21-6-5-14-11-20-7-8-22-14/h2-4,9,14-15H,5-8,10-11,17H2,1H3/t14-,15?/m0/s1. The molecule has 2 N–H and O–H groups in total. The number of hydrogen-bond acceptors (Lipinski definition) is 6. The Hall–Kier alpha value is -1.63. The smallest absolute Gasteiger partial charge is 0.322 e. The van der Waals surface area contributed by atoms with Gasteiger partial charge in [0.15, 0.2) is 0 Å². The van der Waals surface area contributed by atoms with E-state index in [4.69, 9.17) is 19.9 Å². The molecule has 0 saturated carbocycles. The zero-order valence-corrected chi connectivity index (χ0v) is 12.8. The minimum Gasteiger partial charge on any atom is -0.493 e. The molecule has 122 valence electrons. The van der Waals surface area contributed by atoms with E-state index in [2.05, 4.69) is 4.74 Å². The van der Waals surface area contributed by atoms with Gasteiger partial charge >= 0.3 is 5.97 Å². The first kappa shape index (κ1) is 16.7. The fourth-order valence-corrected chi connectivity index (χ4v) is 2.26. The predicted molar refractivity (Wildman–Crippen MR) is 80.8 cm³/mol. The number of rotatable bonds is 7. The first-order chi connectivity index (χ1) is 10.7. The van der Waals surface area contributed by atoms with E-state index in [1.165, 1.54) is 7.11 Å². The number of carbonyl (C=O) groups is 1. The van der Waals surface area contributed by atoms with Gasteiger partial charge in [-0.05, 0) is 24.1 Å². The summed E-state index contributed by atoms with van der Waals surface area (Å²) in [7, 11) is 1.33. The fourth-order valence-electron chi connectivity index (χ4n) is 2.26. The Morgan fingerprint density at radius 2 is 2.32 bits per heavy atom. The van der Waals surface area contributed by atoms with E-state index in [0.717, 1.165) is 17.7 Å². The van der Waals surface area contributed by atoms with E-state index in [0.29, 0.717) is 32.8 Å². The van der Waals surface area contributed by atoms with Crippen LogP contribution >= 0.6 is 0 Å². The highest BCUT2D eigenvalue weighted by atomic mass is 16.6. The van der Waals surface area contributed by atoms with Crippen LogP contribution in [0.3, 0.4) is 0 Å². The van der Waals surface area contributed by atoms with Crippen molar-refractivity contribution in [2.45, 2.75) is 25.0 Å². The maximum Gasteiger partial charge on any atom is 0.322 e. The predicted octanol–water partition coefficient (Wildman–Crippen LogP) is 0.914. The van der Waals surface area contributed by atoms with E-state index in [1.807, 2.05) is 24.3 Å². The van der Waals surface area contributed by atoms with Crippen LogP contribution in [0, 0.1) is 0 Å². The quantitative estimate of drug-likeness (QED) is 0.754. The van der Waals surface area contributed by atoms with Crippen LogP contribution in [0.2, 0.25) is 0 Å². The topological polar surface area (TPSA) is 80.0 Å². The lowest BCUT2D eigenvalue weighted by atomic mass is 10.1. The van der Waals surface area contributed by atoms with Crippen LogP contribution in [0.1, 0.15) is 12.0 Å². The molecule has 0 radical (unpaired) electrons. The molecule has 1 aliphatic rings. The van der Waals surface area contributed by atoms with Gasteiger partial charge in [-0.15, -0.1) is 0 Å². The maximum atomic E-state index is 11.3. The van der Waals surface area contributed by atoms with Crippen molar-refractivity contribution >= 4 is 5.97 Å². The van der Waals surface area contributed by atoms with E-state index in [-0.39, 0.29) is 6.10 Å². The summed E-state index contributed by atoms with van der Waals surface area (Å²) in [5.41, 5.74) is 6.70. The van der Waals surface area contributed by atoms with Gasteiger partial charge < -0.3 is 24.7 Å². The van der Waals surface area contributed by atoms with Gasteiger partial charge in [0, 0.05) is 6.42 Å². The summed E-state index contributed by atoms with van der Waals surface area (Å²) in [6.45, 7) is 2.49. The molecule has 2 rings (SSSR count). The van der Waals surface area contributed by atoms with E-state index >= 15 is 0 Å². The van der Waals surface area contributed by atoms with Gasteiger partial charge in [-0.3, -0.25) is 4.79 Å². The molecule has 6 nitrogen and oxygen atoms in total. The van der Waals surface area contributed by atoms with Crippen LogP contribution in [0.25, 0.3) is 0 Å². The molecule has 0 bridgehead atoms. The van der Waals surface area contributed by atoms with Gasteiger partial charge in [-0.1, -0.05) is 12.1 Å². The van der Waals surface area contributed by atoms with Crippen LogP contribution in [0.4, 0.5) is 0 Å². The molecule has 1 aromatic carbocycles. The van der Waals surface area contributed by atoms with Crippen LogP contribution in [0.15, 0.2) is 24.3 Å². The average molecular weight is 309 g/mol. The SMILES string of the molecule is COC(=O)C(N)Cc1cccc(OCC[C@H]2COCCO2)c1. The van der Waals surface area contributed by atoms with Crippen molar-refractivity contribution in [2.75, 3.05) is 33.5 Å². The van der Waals surface area contributed by atoms with E-state index < -0.39 is 12.0 Å². The Morgan fingerprint density at radius 1 is 1.45 bits per heavy atom. The average Bonchev–Trinajstić information content (AvgIpc) is 2.55. The Kier molecular flexibility index (Phi) is 6.64. The molecule has 1 saturated heterocycles. The third-order valence-corrected chi connectivity index (χ3v) is 3.45. The molecule has 2 atom stereocenters. The second kappa shape index (κ2) is 8.73. The first-order valence-electron chi connectivity index (χ1n) is 7.43. The minimum atomic E-state index is -0.659. The van der Waals surface area contributed by atoms with Crippen LogP contribution < -0.4 is 10.5 Å². The number of esters is 1. The molecule has 1 unspecified atom stereocenters.